The molecule has 0 aliphatic carbocycles. The molecular formula is C21H14BrClS. The van der Waals surface area contributed by atoms with E-state index in [4.69, 9.17) is 11.6 Å². The van der Waals surface area contributed by atoms with Gasteiger partial charge in [-0.2, -0.15) is 0 Å². The molecule has 4 rings (SSSR count). The maximum Gasteiger partial charge on any atom is 0.0415 e. The van der Waals surface area contributed by atoms with Gasteiger partial charge in [0.2, 0.25) is 0 Å². The third-order valence-corrected chi connectivity index (χ3v) is 5.48. The van der Waals surface area contributed by atoms with E-state index < -0.39 is 0 Å². The van der Waals surface area contributed by atoms with E-state index in [1.807, 2.05) is 12.1 Å². The molecule has 0 unspecified atom stereocenters. The lowest BCUT2D eigenvalue weighted by Crippen LogP contribution is -1.88. The molecule has 0 aromatic heterocycles. The van der Waals surface area contributed by atoms with Crippen LogP contribution in [0.3, 0.4) is 0 Å². The van der Waals surface area contributed by atoms with E-state index >= 15 is 0 Å². The minimum absolute atomic E-state index is 0.774. The molecule has 0 radical (unpaired) electrons. The summed E-state index contributed by atoms with van der Waals surface area (Å²) in [5.41, 5.74) is 3.51. The summed E-state index contributed by atoms with van der Waals surface area (Å²) < 4.78 is 1.03. The van der Waals surface area contributed by atoms with Gasteiger partial charge < -0.3 is 0 Å². The predicted octanol–water partition coefficient (Wildman–Crippen LogP) is 7.67. The molecule has 0 bridgehead atoms. The van der Waals surface area contributed by atoms with Gasteiger partial charge in [0, 0.05) is 14.4 Å². The number of aryl methyl sites for hydroxylation is 1. The van der Waals surface area contributed by atoms with Crippen molar-refractivity contribution < 1.29 is 0 Å². The van der Waals surface area contributed by atoms with Gasteiger partial charge in [0.05, 0.1) is 0 Å². The van der Waals surface area contributed by atoms with Crippen LogP contribution in [0.2, 0.25) is 5.02 Å². The van der Waals surface area contributed by atoms with Crippen molar-refractivity contribution in [3.63, 3.8) is 0 Å². The van der Waals surface area contributed by atoms with Gasteiger partial charge in [-0.05, 0) is 75.5 Å². The predicted molar refractivity (Wildman–Crippen MR) is 112 cm³/mol. The average Bonchev–Trinajstić information content (AvgIpc) is 2.55. The summed E-state index contributed by atoms with van der Waals surface area (Å²) in [6.45, 7) is 2.11. The minimum Gasteiger partial charge on any atom is -0.143 e. The van der Waals surface area contributed by atoms with Crippen molar-refractivity contribution in [3.05, 3.63) is 75.7 Å². The summed E-state index contributed by atoms with van der Waals surface area (Å²) in [6.07, 6.45) is 0. The fourth-order valence-electron chi connectivity index (χ4n) is 3.30. The Balaban J connectivity index is 2.19. The number of halogens is 2. The molecule has 0 aliphatic heterocycles. The third-order valence-electron chi connectivity index (χ3n) is 4.40. The molecule has 0 atom stereocenters. The molecule has 0 saturated heterocycles. The lowest BCUT2D eigenvalue weighted by molar-refractivity contribution is 1.44. The van der Waals surface area contributed by atoms with Crippen LogP contribution in [0.15, 0.2) is 70.0 Å². The Kier molecular flexibility index (Phi) is 4.07. The highest BCUT2D eigenvalue weighted by atomic mass is 79.9. The molecule has 4 aromatic rings. The minimum atomic E-state index is 0.774. The molecule has 0 saturated carbocycles. The van der Waals surface area contributed by atoms with Crippen molar-refractivity contribution >= 4 is 61.7 Å². The van der Waals surface area contributed by atoms with Crippen LogP contribution in [0.25, 0.3) is 32.7 Å². The first-order valence-electron chi connectivity index (χ1n) is 7.65. The van der Waals surface area contributed by atoms with Crippen molar-refractivity contribution in [2.24, 2.45) is 0 Å². The molecule has 4 aromatic carbocycles. The van der Waals surface area contributed by atoms with Crippen molar-refractivity contribution in [3.8, 4) is 11.1 Å². The van der Waals surface area contributed by atoms with Crippen LogP contribution >= 0.6 is 40.2 Å². The Morgan fingerprint density at radius 3 is 2.29 bits per heavy atom. The van der Waals surface area contributed by atoms with Gasteiger partial charge in [0.1, 0.15) is 0 Å². The molecule has 0 spiro atoms. The summed E-state index contributed by atoms with van der Waals surface area (Å²) in [4.78, 5) is 0.959. The van der Waals surface area contributed by atoms with Crippen LogP contribution in [0.1, 0.15) is 5.56 Å². The summed E-state index contributed by atoms with van der Waals surface area (Å²) in [7, 11) is 0. The second-order valence-corrected chi connectivity index (χ2v) is 7.78. The van der Waals surface area contributed by atoms with Crippen molar-refractivity contribution in [1.82, 2.24) is 0 Å². The number of rotatable bonds is 1. The zero-order valence-electron chi connectivity index (χ0n) is 13.0. The molecule has 0 amide bonds. The lowest BCUT2D eigenvalue weighted by Gasteiger charge is -2.14. The number of hydrogen-bond donors (Lipinski definition) is 1. The van der Waals surface area contributed by atoms with Crippen molar-refractivity contribution in [2.75, 3.05) is 0 Å². The van der Waals surface area contributed by atoms with Crippen LogP contribution in [-0.2, 0) is 0 Å². The van der Waals surface area contributed by atoms with E-state index in [0.717, 1.165) is 20.0 Å². The molecule has 3 heteroatoms. The monoisotopic (exact) mass is 412 g/mol. The zero-order chi connectivity index (χ0) is 16.8. The van der Waals surface area contributed by atoms with Gasteiger partial charge in [-0.15, -0.1) is 12.6 Å². The smallest absolute Gasteiger partial charge is 0.0415 e. The summed E-state index contributed by atoms with van der Waals surface area (Å²) >= 11 is 14.5. The molecule has 0 heterocycles. The number of thiol groups is 1. The Morgan fingerprint density at radius 2 is 1.54 bits per heavy atom. The van der Waals surface area contributed by atoms with Crippen LogP contribution in [0, 0.1) is 6.92 Å². The number of benzene rings is 4. The van der Waals surface area contributed by atoms with E-state index in [9.17, 15) is 0 Å². The van der Waals surface area contributed by atoms with Gasteiger partial charge in [-0.3, -0.25) is 0 Å². The standard InChI is InChI=1S/C21H14BrClS/c1-12-8-14(23)10-19-15-4-2-3-5-16(15)20(11-18(12)19)17-7-6-13(22)9-21(17)24/h2-11,24H,1H3. The Morgan fingerprint density at radius 1 is 0.792 bits per heavy atom. The number of fused-ring (bicyclic) bond motifs is 3. The normalized spacial score (nSPS) is 11.3. The van der Waals surface area contributed by atoms with Gasteiger partial charge in [-0.25, -0.2) is 0 Å². The third kappa shape index (κ3) is 2.63. The maximum absolute atomic E-state index is 6.31. The lowest BCUT2D eigenvalue weighted by atomic mass is 9.91. The highest BCUT2D eigenvalue weighted by Gasteiger charge is 2.12. The van der Waals surface area contributed by atoms with E-state index in [2.05, 4.69) is 84.0 Å². The fourth-order valence-corrected chi connectivity index (χ4v) is 4.44. The SMILES string of the molecule is Cc1cc(Cl)cc2c1cc(-c1ccc(Br)cc1S)c1ccccc12. The maximum atomic E-state index is 6.31. The molecule has 0 nitrogen and oxygen atoms in total. The number of hydrogen-bond acceptors (Lipinski definition) is 1. The van der Waals surface area contributed by atoms with E-state index in [1.54, 1.807) is 0 Å². The second kappa shape index (κ2) is 6.11. The Labute approximate surface area is 160 Å². The topological polar surface area (TPSA) is 0 Å². The van der Waals surface area contributed by atoms with Crippen molar-refractivity contribution in [1.29, 1.82) is 0 Å². The molecule has 118 valence electrons. The summed E-state index contributed by atoms with van der Waals surface area (Å²) in [5.74, 6) is 0. The average molecular weight is 414 g/mol. The highest BCUT2D eigenvalue weighted by molar-refractivity contribution is 9.10. The first kappa shape index (κ1) is 16.0. The van der Waals surface area contributed by atoms with Gasteiger partial charge >= 0.3 is 0 Å². The largest absolute Gasteiger partial charge is 0.143 e. The second-order valence-electron chi connectivity index (χ2n) is 5.95. The quantitative estimate of drug-likeness (QED) is 0.240. The van der Waals surface area contributed by atoms with E-state index in [-0.39, 0.29) is 0 Å². The fraction of sp³-hybridized carbons (Fsp3) is 0.0476. The van der Waals surface area contributed by atoms with Crippen LogP contribution in [-0.4, -0.2) is 0 Å². The summed E-state index contributed by atoms with van der Waals surface area (Å²) in [5, 5.41) is 5.62. The Bertz CT molecular complexity index is 1100. The highest BCUT2D eigenvalue weighted by Crippen LogP contribution is 2.39. The Hall–Kier alpha value is -1.48. The first-order chi connectivity index (χ1) is 11.5. The van der Waals surface area contributed by atoms with E-state index in [1.165, 1.54) is 32.7 Å². The van der Waals surface area contributed by atoms with Crippen LogP contribution < -0.4 is 0 Å². The molecule has 0 aliphatic rings. The zero-order valence-corrected chi connectivity index (χ0v) is 16.2. The van der Waals surface area contributed by atoms with Gasteiger partial charge in [0.25, 0.3) is 0 Å². The molecule has 0 N–H and O–H groups in total. The molecule has 24 heavy (non-hydrogen) atoms. The van der Waals surface area contributed by atoms with Crippen molar-refractivity contribution in [2.45, 2.75) is 11.8 Å². The first-order valence-corrected chi connectivity index (χ1v) is 9.27. The van der Waals surface area contributed by atoms with Crippen LogP contribution in [0.4, 0.5) is 0 Å². The molecular weight excluding hydrogens is 400 g/mol. The van der Waals surface area contributed by atoms with Gasteiger partial charge in [0.15, 0.2) is 0 Å². The molecule has 0 fully saturated rings. The van der Waals surface area contributed by atoms with E-state index in [0.29, 0.717) is 0 Å². The summed E-state index contributed by atoms with van der Waals surface area (Å²) in [6, 6.07) is 21.0. The van der Waals surface area contributed by atoms with Gasteiger partial charge in [-0.1, -0.05) is 57.9 Å². The van der Waals surface area contributed by atoms with Crippen LogP contribution in [0.5, 0.6) is 0 Å².